The molecular weight excluding hydrogens is 209 g/mol. The van der Waals surface area contributed by atoms with E-state index in [-0.39, 0.29) is 4.43 Å². The van der Waals surface area contributed by atoms with Crippen LogP contribution in [0.5, 0.6) is 0 Å². The third kappa shape index (κ3) is 3.10. The van der Waals surface area contributed by atoms with Crippen molar-refractivity contribution < 1.29 is 5.11 Å². The fourth-order valence-electron chi connectivity index (χ4n) is 1.70. The summed E-state index contributed by atoms with van der Waals surface area (Å²) in [7, 11) is 0. The van der Waals surface area contributed by atoms with E-state index in [0.29, 0.717) is 0 Å². The molecule has 0 atom stereocenters. The maximum atomic E-state index is 10.4. The number of hydrogen-bond acceptors (Lipinski definition) is 1. The molecule has 0 heterocycles. The Labute approximate surface area is 79.9 Å². The van der Waals surface area contributed by atoms with Crippen LogP contribution in [-0.4, -0.2) is 22.8 Å². The quantitative estimate of drug-likeness (QED) is 0.722. The first kappa shape index (κ1) is 12.5. The Kier molecular flexibility index (Phi) is 4.85. The molecular formula is C10H24GeO. The van der Waals surface area contributed by atoms with Crippen molar-refractivity contribution in [1.29, 1.82) is 0 Å². The van der Waals surface area contributed by atoms with Crippen LogP contribution in [0.25, 0.3) is 0 Å². The van der Waals surface area contributed by atoms with Gasteiger partial charge in [0.15, 0.2) is 0 Å². The van der Waals surface area contributed by atoms with Crippen LogP contribution in [-0.2, 0) is 0 Å². The fourth-order valence-corrected chi connectivity index (χ4v) is 5.90. The molecule has 0 bridgehead atoms. The molecule has 74 valence electrons. The second kappa shape index (κ2) is 4.66. The first-order valence-corrected chi connectivity index (χ1v) is 12.4. The molecule has 0 fully saturated rings. The summed E-state index contributed by atoms with van der Waals surface area (Å²) in [5, 5.41) is 10.4. The standard InChI is InChI=1S/C10H24GeO/c1-6-8-10(12,9-7-2)11(3,4)5/h12H,6-9H2,1-5H3. The predicted octanol–water partition coefficient (Wildman–Crippen LogP) is 3.20. The van der Waals surface area contributed by atoms with Gasteiger partial charge in [-0.25, -0.2) is 0 Å². The number of aliphatic hydroxyl groups is 1. The van der Waals surface area contributed by atoms with Crippen LogP contribution < -0.4 is 0 Å². The van der Waals surface area contributed by atoms with E-state index in [4.69, 9.17) is 0 Å². The Balaban J connectivity index is 4.38. The van der Waals surface area contributed by atoms with E-state index in [9.17, 15) is 5.11 Å². The van der Waals surface area contributed by atoms with Crippen LogP contribution in [0.3, 0.4) is 0 Å². The van der Waals surface area contributed by atoms with Gasteiger partial charge >= 0.3 is 79.6 Å². The van der Waals surface area contributed by atoms with Gasteiger partial charge < -0.3 is 0 Å². The molecule has 0 rings (SSSR count). The Bertz CT molecular complexity index is 120. The average molecular weight is 233 g/mol. The minimum absolute atomic E-state index is 0.274. The van der Waals surface area contributed by atoms with Crippen LogP contribution in [0.2, 0.25) is 17.3 Å². The number of rotatable bonds is 5. The fraction of sp³-hybridized carbons (Fsp3) is 1.00. The van der Waals surface area contributed by atoms with Crippen LogP contribution in [0, 0.1) is 0 Å². The Morgan fingerprint density at radius 2 is 1.33 bits per heavy atom. The molecule has 0 saturated carbocycles. The van der Waals surface area contributed by atoms with Crippen molar-refractivity contribution in [2.75, 3.05) is 0 Å². The Morgan fingerprint density at radius 1 is 1.00 bits per heavy atom. The van der Waals surface area contributed by atoms with Crippen molar-refractivity contribution in [1.82, 2.24) is 0 Å². The predicted molar refractivity (Wildman–Crippen MR) is 58.1 cm³/mol. The summed E-state index contributed by atoms with van der Waals surface area (Å²) in [5.41, 5.74) is 0. The van der Waals surface area contributed by atoms with E-state index in [1.54, 1.807) is 0 Å². The van der Waals surface area contributed by atoms with Gasteiger partial charge in [-0.05, 0) is 0 Å². The zero-order valence-corrected chi connectivity index (χ0v) is 11.4. The molecule has 1 N–H and O–H groups in total. The van der Waals surface area contributed by atoms with E-state index in [2.05, 4.69) is 31.1 Å². The molecule has 0 aromatic carbocycles. The second-order valence-electron chi connectivity index (χ2n) is 4.78. The number of hydrogen-bond donors (Lipinski definition) is 1. The van der Waals surface area contributed by atoms with Gasteiger partial charge in [-0.15, -0.1) is 0 Å². The summed E-state index contributed by atoms with van der Waals surface area (Å²) >= 11 is -1.89. The summed E-state index contributed by atoms with van der Waals surface area (Å²) in [6, 6.07) is 0. The van der Waals surface area contributed by atoms with Crippen molar-refractivity contribution in [2.24, 2.45) is 0 Å². The monoisotopic (exact) mass is 234 g/mol. The first-order chi connectivity index (χ1) is 5.37. The maximum absolute atomic E-state index is 10.4. The van der Waals surface area contributed by atoms with Crippen LogP contribution >= 0.6 is 0 Å². The summed E-state index contributed by atoms with van der Waals surface area (Å²) in [4.78, 5) is 0. The van der Waals surface area contributed by atoms with Crippen LogP contribution in [0.4, 0.5) is 0 Å². The van der Waals surface area contributed by atoms with Gasteiger partial charge in [0.05, 0.1) is 0 Å². The van der Waals surface area contributed by atoms with Crippen molar-refractivity contribution in [3.63, 3.8) is 0 Å². The van der Waals surface area contributed by atoms with Gasteiger partial charge in [0, 0.05) is 0 Å². The molecule has 0 radical (unpaired) electrons. The average Bonchev–Trinajstić information content (AvgIpc) is 1.86. The molecule has 1 nitrogen and oxygen atoms in total. The SMILES string of the molecule is CCC[C](O)(CCC)[Ge]([CH3])([CH3])[CH3]. The normalized spacial score (nSPS) is 13.5. The molecule has 0 aromatic rings. The van der Waals surface area contributed by atoms with Crippen molar-refractivity contribution in [3.8, 4) is 0 Å². The third-order valence-electron chi connectivity index (χ3n) is 2.72. The minimum atomic E-state index is -1.89. The first-order valence-electron chi connectivity index (χ1n) is 5.09. The van der Waals surface area contributed by atoms with Crippen LogP contribution in [0.1, 0.15) is 39.5 Å². The van der Waals surface area contributed by atoms with Gasteiger partial charge in [0.25, 0.3) is 0 Å². The molecule has 0 amide bonds. The molecule has 12 heavy (non-hydrogen) atoms. The van der Waals surface area contributed by atoms with Gasteiger partial charge in [-0.2, -0.15) is 0 Å². The molecule has 0 spiro atoms. The summed E-state index contributed by atoms with van der Waals surface area (Å²) in [5.74, 6) is 6.93. The van der Waals surface area contributed by atoms with Gasteiger partial charge in [0.1, 0.15) is 0 Å². The van der Waals surface area contributed by atoms with E-state index in [1.165, 1.54) is 0 Å². The van der Waals surface area contributed by atoms with E-state index in [0.717, 1.165) is 25.7 Å². The third-order valence-corrected chi connectivity index (χ3v) is 9.63. The molecule has 0 unspecified atom stereocenters. The molecule has 0 aliphatic carbocycles. The zero-order chi connectivity index (χ0) is 9.83. The molecule has 0 aromatic heterocycles. The van der Waals surface area contributed by atoms with Crippen molar-refractivity contribution in [2.45, 2.75) is 61.2 Å². The second-order valence-corrected chi connectivity index (χ2v) is 16.2. The van der Waals surface area contributed by atoms with E-state index in [1.807, 2.05) is 0 Å². The summed E-state index contributed by atoms with van der Waals surface area (Å²) in [6.07, 6.45) is 4.23. The summed E-state index contributed by atoms with van der Waals surface area (Å²) < 4.78 is -0.274. The van der Waals surface area contributed by atoms with Crippen molar-refractivity contribution >= 4 is 13.3 Å². The van der Waals surface area contributed by atoms with E-state index < -0.39 is 13.3 Å². The Morgan fingerprint density at radius 3 is 1.50 bits per heavy atom. The molecule has 0 aliphatic heterocycles. The van der Waals surface area contributed by atoms with Crippen molar-refractivity contribution in [3.05, 3.63) is 0 Å². The van der Waals surface area contributed by atoms with Crippen LogP contribution in [0.15, 0.2) is 0 Å². The molecule has 0 aliphatic rings. The Hall–Kier alpha value is 0.503. The van der Waals surface area contributed by atoms with Gasteiger partial charge in [0.2, 0.25) is 0 Å². The van der Waals surface area contributed by atoms with Gasteiger partial charge in [-0.3, -0.25) is 0 Å². The zero-order valence-electron chi connectivity index (χ0n) is 9.28. The van der Waals surface area contributed by atoms with E-state index >= 15 is 0 Å². The molecule has 2 heteroatoms. The summed E-state index contributed by atoms with van der Waals surface area (Å²) in [6.45, 7) is 4.32. The topological polar surface area (TPSA) is 20.2 Å². The molecule has 0 saturated heterocycles. The van der Waals surface area contributed by atoms with Gasteiger partial charge in [-0.1, -0.05) is 0 Å².